The Kier molecular flexibility index (Phi) is 2.64. The maximum absolute atomic E-state index is 5.15. The first-order chi connectivity index (χ1) is 6.36. The van der Waals surface area contributed by atoms with E-state index in [2.05, 4.69) is 17.2 Å². The predicted molar refractivity (Wildman–Crippen MR) is 50.1 cm³/mol. The third kappa shape index (κ3) is 2.10. The van der Waals surface area contributed by atoms with Crippen LogP contribution in [0.1, 0.15) is 31.9 Å². The van der Waals surface area contributed by atoms with Gasteiger partial charge in [-0.1, -0.05) is 13.3 Å². The molecule has 0 aromatic carbocycles. The van der Waals surface area contributed by atoms with E-state index in [4.69, 9.17) is 4.42 Å². The summed E-state index contributed by atoms with van der Waals surface area (Å²) in [6.07, 6.45) is 7.26. The Morgan fingerprint density at radius 2 is 2.54 bits per heavy atom. The molecular weight excluding hydrogens is 164 g/mol. The molecule has 72 valence electrons. The molecule has 0 radical (unpaired) electrons. The van der Waals surface area contributed by atoms with Gasteiger partial charge in [-0.3, -0.25) is 0 Å². The number of hydrogen-bond donors (Lipinski definition) is 1. The van der Waals surface area contributed by atoms with Crippen LogP contribution in [-0.2, 0) is 6.54 Å². The van der Waals surface area contributed by atoms with Crippen molar-refractivity contribution >= 4 is 0 Å². The van der Waals surface area contributed by atoms with Crippen LogP contribution >= 0.6 is 0 Å². The molecule has 1 aromatic rings. The summed E-state index contributed by atoms with van der Waals surface area (Å²) >= 11 is 0. The van der Waals surface area contributed by atoms with Gasteiger partial charge in [0, 0.05) is 6.04 Å². The molecule has 0 amide bonds. The number of nitrogens with one attached hydrogen (secondary N) is 1. The molecule has 1 aliphatic rings. The topological polar surface area (TPSA) is 38.1 Å². The van der Waals surface area contributed by atoms with Gasteiger partial charge >= 0.3 is 0 Å². The number of hydrogen-bond acceptors (Lipinski definition) is 3. The van der Waals surface area contributed by atoms with Gasteiger partial charge in [-0.05, 0) is 18.8 Å². The van der Waals surface area contributed by atoms with Crippen molar-refractivity contribution in [2.24, 2.45) is 5.92 Å². The highest BCUT2D eigenvalue weighted by Gasteiger charge is 2.22. The average Bonchev–Trinajstić information content (AvgIpc) is 2.72. The van der Waals surface area contributed by atoms with Crippen LogP contribution in [0.5, 0.6) is 0 Å². The predicted octanol–water partition coefficient (Wildman–Crippen LogP) is 1.95. The summed E-state index contributed by atoms with van der Waals surface area (Å²) in [4.78, 5) is 3.88. The third-order valence-electron chi connectivity index (χ3n) is 2.88. The van der Waals surface area contributed by atoms with Gasteiger partial charge < -0.3 is 9.73 Å². The molecule has 1 fully saturated rings. The first kappa shape index (κ1) is 8.75. The van der Waals surface area contributed by atoms with E-state index < -0.39 is 0 Å². The highest BCUT2D eigenvalue weighted by Crippen LogP contribution is 2.24. The van der Waals surface area contributed by atoms with Crippen molar-refractivity contribution in [3.8, 4) is 0 Å². The Balaban J connectivity index is 1.79. The van der Waals surface area contributed by atoms with E-state index in [-0.39, 0.29) is 0 Å². The summed E-state index contributed by atoms with van der Waals surface area (Å²) in [5.41, 5.74) is 0. The maximum atomic E-state index is 5.15. The van der Waals surface area contributed by atoms with Crippen LogP contribution in [0.25, 0.3) is 0 Å². The monoisotopic (exact) mass is 180 g/mol. The van der Waals surface area contributed by atoms with Gasteiger partial charge in [0.25, 0.3) is 0 Å². The molecule has 2 atom stereocenters. The van der Waals surface area contributed by atoms with Gasteiger partial charge in [0.15, 0.2) is 6.39 Å². The minimum Gasteiger partial charge on any atom is -0.447 e. The van der Waals surface area contributed by atoms with Gasteiger partial charge in [-0.2, -0.15) is 0 Å². The number of aromatic nitrogens is 1. The second-order valence-electron chi connectivity index (χ2n) is 3.86. The van der Waals surface area contributed by atoms with Gasteiger partial charge in [-0.15, -0.1) is 0 Å². The normalized spacial score (nSPS) is 28.1. The zero-order valence-corrected chi connectivity index (χ0v) is 7.99. The van der Waals surface area contributed by atoms with Gasteiger partial charge in [-0.25, -0.2) is 4.98 Å². The SMILES string of the molecule is CC1CCCC1NCc1cnco1. The zero-order valence-electron chi connectivity index (χ0n) is 7.99. The third-order valence-corrected chi connectivity index (χ3v) is 2.88. The van der Waals surface area contributed by atoms with E-state index in [1.165, 1.54) is 25.7 Å². The second kappa shape index (κ2) is 3.92. The van der Waals surface area contributed by atoms with Gasteiger partial charge in [0.05, 0.1) is 12.7 Å². The number of rotatable bonds is 3. The van der Waals surface area contributed by atoms with Crippen molar-refractivity contribution < 1.29 is 4.42 Å². The zero-order chi connectivity index (χ0) is 9.10. The second-order valence-corrected chi connectivity index (χ2v) is 3.86. The van der Waals surface area contributed by atoms with Crippen LogP contribution in [0.4, 0.5) is 0 Å². The number of nitrogens with zero attached hydrogens (tertiary/aromatic N) is 1. The highest BCUT2D eigenvalue weighted by atomic mass is 16.3. The van der Waals surface area contributed by atoms with Crippen LogP contribution in [-0.4, -0.2) is 11.0 Å². The Morgan fingerprint density at radius 1 is 1.62 bits per heavy atom. The molecule has 1 aliphatic carbocycles. The molecule has 0 bridgehead atoms. The van der Waals surface area contributed by atoms with E-state index in [1.807, 2.05) is 0 Å². The Morgan fingerprint density at radius 3 is 3.15 bits per heavy atom. The summed E-state index contributed by atoms with van der Waals surface area (Å²) in [6, 6.07) is 0.671. The lowest BCUT2D eigenvalue weighted by Crippen LogP contribution is -2.30. The standard InChI is InChI=1S/C10H16N2O/c1-8-3-2-4-10(8)12-6-9-5-11-7-13-9/h5,7-8,10,12H,2-4,6H2,1H3. The first-order valence-electron chi connectivity index (χ1n) is 4.97. The lowest BCUT2D eigenvalue weighted by atomic mass is 10.1. The van der Waals surface area contributed by atoms with Crippen molar-refractivity contribution in [1.82, 2.24) is 10.3 Å². The molecule has 3 nitrogen and oxygen atoms in total. The Labute approximate surface area is 78.5 Å². The lowest BCUT2D eigenvalue weighted by Gasteiger charge is -2.15. The smallest absolute Gasteiger partial charge is 0.180 e. The van der Waals surface area contributed by atoms with E-state index >= 15 is 0 Å². The van der Waals surface area contributed by atoms with Crippen molar-refractivity contribution in [2.45, 2.75) is 38.8 Å². The van der Waals surface area contributed by atoms with Crippen LogP contribution in [0.15, 0.2) is 17.0 Å². The molecular formula is C10H16N2O. The molecule has 1 aromatic heterocycles. The van der Waals surface area contributed by atoms with Crippen molar-refractivity contribution in [1.29, 1.82) is 0 Å². The summed E-state index contributed by atoms with van der Waals surface area (Å²) in [7, 11) is 0. The van der Waals surface area contributed by atoms with Crippen LogP contribution in [0.3, 0.4) is 0 Å². The molecule has 3 heteroatoms. The minimum absolute atomic E-state index is 0.671. The first-order valence-corrected chi connectivity index (χ1v) is 4.97. The fourth-order valence-corrected chi connectivity index (χ4v) is 2.01. The molecule has 13 heavy (non-hydrogen) atoms. The van der Waals surface area contributed by atoms with Crippen molar-refractivity contribution in [3.63, 3.8) is 0 Å². The molecule has 0 spiro atoms. The molecule has 1 saturated carbocycles. The molecule has 2 rings (SSSR count). The van der Waals surface area contributed by atoms with Crippen LogP contribution in [0.2, 0.25) is 0 Å². The van der Waals surface area contributed by atoms with E-state index in [0.29, 0.717) is 6.04 Å². The average molecular weight is 180 g/mol. The van der Waals surface area contributed by atoms with Gasteiger partial charge in [0.1, 0.15) is 5.76 Å². The molecule has 1 N–H and O–H groups in total. The summed E-state index contributed by atoms with van der Waals surface area (Å²) in [6.45, 7) is 3.13. The molecule has 1 heterocycles. The summed E-state index contributed by atoms with van der Waals surface area (Å²) in [5.74, 6) is 1.74. The van der Waals surface area contributed by atoms with E-state index in [9.17, 15) is 0 Å². The molecule has 2 unspecified atom stereocenters. The quantitative estimate of drug-likeness (QED) is 0.772. The van der Waals surface area contributed by atoms with Crippen molar-refractivity contribution in [2.75, 3.05) is 0 Å². The van der Waals surface area contributed by atoms with Crippen LogP contribution < -0.4 is 5.32 Å². The number of oxazole rings is 1. The fourth-order valence-electron chi connectivity index (χ4n) is 2.01. The highest BCUT2D eigenvalue weighted by molar-refractivity contribution is 4.89. The van der Waals surface area contributed by atoms with Crippen LogP contribution in [0, 0.1) is 5.92 Å². The largest absolute Gasteiger partial charge is 0.447 e. The van der Waals surface area contributed by atoms with E-state index in [0.717, 1.165) is 18.2 Å². The minimum atomic E-state index is 0.671. The molecule has 0 saturated heterocycles. The van der Waals surface area contributed by atoms with E-state index in [1.54, 1.807) is 6.20 Å². The van der Waals surface area contributed by atoms with Gasteiger partial charge in [0.2, 0.25) is 0 Å². The lowest BCUT2D eigenvalue weighted by molar-refractivity contribution is 0.395. The summed E-state index contributed by atoms with van der Waals surface area (Å²) in [5, 5.41) is 3.50. The Hall–Kier alpha value is -0.830. The maximum Gasteiger partial charge on any atom is 0.180 e. The summed E-state index contributed by atoms with van der Waals surface area (Å²) < 4.78 is 5.15. The van der Waals surface area contributed by atoms with Crippen molar-refractivity contribution in [3.05, 3.63) is 18.4 Å². The Bertz CT molecular complexity index is 245. The fraction of sp³-hybridized carbons (Fsp3) is 0.700. The molecule has 0 aliphatic heterocycles.